The lowest BCUT2D eigenvalue weighted by Crippen LogP contribution is -2.26. The van der Waals surface area contributed by atoms with Crippen LogP contribution < -0.4 is 15.8 Å². The molecule has 3 rings (SSSR count). The number of halogens is 3. The Labute approximate surface area is 204 Å². The Morgan fingerprint density at radius 1 is 1.19 bits per heavy atom. The molecular formula is C25H22F3N3O5. The summed E-state index contributed by atoms with van der Waals surface area (Å²) >= 11 is 0. The highest BCUT2D eigenvalue weighted by molar-refractivity contribution is 5.93. The van der Waals surface area contributed by atoms with Gasteiger partial charge in [-0.25, -0.2) is 4.79 Å². The topological polar surface area (TPSA) is 124 Å². The minimum absolute atomic E-state index is 0.0480. The molecule has 2 aromatic carbocycles. The summed E-state index contributed by atoms with van der Waals surface area (Å²) in [6.07, 6.45) is -4.56. The van der Waals surface area contributed by atoms with Crippen molar-refractivity contribution in [1.29, 1.82) is 5.26 Å². The molecule has 0 saturated heterocycles. The summed E-state index contributed by atoms with van der Waals surface area (Å²) in [6.45, 7) is 2.65. The number of nitrogens with one attached hydrogen (secondary N) is 1. The molecular weight excluding hydrogens is 479 g/mol. The van der Waals surface area contributed by atoms with Gasteiger partial charge in [0.25, 0.3) is 5.91 Å². The predicted molar refractivity (Wildman–Crippen MR) is 122 cm³/mol. The van der Waals surface area contributed by atoms with Crippen LogP contribution >= 0.6 is 0 Å². The molecule has 11 heteroatoms. The van der Waals surface area contributed by atoms with E-state index in [1.54, 1.807) is 25.1 Å². The van der Waals surface area contributed by atoms with Crippen LogP contribution in [0.4, 0.5) is 18.9 Å². The normalized spacial score (nSPS) is 15.6. The van der Waals surface area contributed by atoms with E-state index in [0.29, 0.717) is 5.56 Å². The molecule has 1 amide bonds. The van der Waals surface area contributed by atoms with E-state index in [-0.39, 0.29) is 40.8 Å². The summed E-state index contributed by atoms with van der Waals surface area (Å²) < 4.78 is 55.0. The van der Waals surface area contributed by atoms with Crippen LogP contribution in [0.25, 0.3) is 0 Å². The van der Waals surface area contributed by atoms with E-state index in [9.17, 15) is 28.0 Å². The number of ether oxygens (including phenoxy) is 3. The molecule has 1 atom stereocenters. The molecule has 0 aliphatic carbocycles. The quantitative estimate of drug-likeness (QED) is 0.540. The number of esters is 1. The van der Waals surface area contributed by atoms with Crippen molar-refractivity contribution in [3.8, 4) is 11.8 Å². The number of hydrogen-bond donors (Lipinski definition) is 2. The van der Waals surface area contributed by atoms with Crippen LogP contribution in [0.2, 0.25) is 0 Å². The number of alkyl halides is 3. The van der Waals surface area contributed by atoms with Crippen LogP contribution in [0.3, 0.4) is 0 Å². The molecule has 2 aromatic rings. The number of para-hydroxylation sites is 1. The van der Waals surface area contributed by atoms with Gasteiger partial charge in [0.2, 0.25) is 5.88 Å². The van der Waals surface area contributed by atoms with Gasteiger partial charge in [0.05, 0.1) is 23.7 Å². The van der Waals surface area contributed by atoms with E-state index >= 15 is 0 Å². The molecule has 0 spiro atoms. The number of allylic oxidation sites excluding steroid dienone is 2. The molecule has 1 aliphatic rings. The number of anilines is 1. The maximum Gasteiger partial charge on any atom is 0.416 e. The van der Waals surface area contributed by atoms with Crippen molar-refractivity contribution >= 4 is 17.6 Å². The summed E-state index contributed by atoms with van der Waals surface area (Å²) in [4.78, 5) is 25.1. The first-order chi connectivity index (χ1) is 17.1. The van der Waals surface area contributed by atoms with Gasteiger partial charge >= 0.3 is 12.1 Å². The maximum absolute atomic E-state index is 12.9. The number of rotatable bonds is 7. The number of hydrogen-bond acceptors (Lipinski definition) is 7. The van der Waals surface area contributed by atoms with Crippen molar-refractivity contribution in [2.75, 3.05) is 18.5 Å². The lowest BCUT2D eigenvalue weighted by molar-refractivity contribution is -0.139. The average Bonchev–Trinajstić information content (AvgIpc) is 2.82. The van der Waals surface area contributed by atoms with Crippen molar-refractivity contribution < 1.29 is 37.0 Å². The minimum atomic E-state index is -4.56. The Morgan fingerprint density at radius 3 is 2.58 bits per heavy atom. The molecule has 0 radical (unpaired) electrons. The number of carbonyl (C=O) groups excluding carboxylic acids is 2. The van der Waals surface area contributed by atoms with E-state index in [1.165, 1.54) is 25.1 Å². The third-order valence-electron chi connectivity index (χ3n) is 5.16. The Balaban J connectivity index is 1.87. The maximum atomic E-state index is 12.9. The van der Waals surface area contributed by atoms with Crippen molar-refractivity contribution in [2.24, 2.45) is 5.73 Å². The number of carbonyl (C=O) groups is 2. The zero-order valence-electron chi connectivity index (χ0n) is 19.3. The molecule has 188 valence electrons. The minimum Gasteiger partial charge on any atom is -0.483 e. The van der Waals surface area contributed by atoms with E-state index in [0.717, 1.165) is 12.1 Å². The first-order valence-electron chi connectivity index (χ1n) is 10.7. The lowest BCUT2D eigenvalue weighted by Gasteiger charge is -2.28. The van der Waals surface area contributed by atoms with Gasteiger partial charge < -0.3 is 25.3 Å². The lowest BCUT2D eigenvalue weighted by atomic mass is 9.82. The Kier molecular flexibility index (Phi) is 7.89. The van der Waals surface area contributed by atoms with Gasteiger partial charge in [0.1, 0.15) is 23.2 Å². The van der Waals surface area contributed by atoms with E-state index in [1.807, 2.05) is 6.07 Å². The van der Waals surface area contributed by atoms with Crippen molar-refractivity contribution in [1.82, 2.24) is 0 Å². The highest BCUT2D eigenvalue weighted by Gasteiger charge is 2.38. The van der Waals surface area contributed by atoms with Crippen molar-refractivity contribution in [3.05, 3.63) is 82.4 Å². The Morgan fingerprint density at radius 2 is 1.92 bits per heavy atom. The summed E-state index contributed by atoms with van der Waals surface area (Å²) in [5.41, 5.74) is 5.29. The fourth-order valence-corrected chi connectivity index (χ4v) is 3.63. The molecule has 8 nitrogen and oxygen atoms in total. The molecule has 1 heterocycles. The molecule has 0 saturated carbocycles. The van der Waals surface area contributed by atoms with Gasteiger partial charge in [0, 0.05) is 11.3 Å². The zero-order chi connectivity index (χ0) is 26.5. The highest BCUT2D eigenvalue weighted by Crippen LogP contribution is 2.43. The number of benzene rings is 2. The van der Waals surface area contributed by atoms with Gasteiger partial charge in [-0.2, -0.15) is 18.4 Å². The van der Waals surface area contributed by atoms with Crippen LogP contribution in [0.5, 0.6) is 5.75 Å². The molecule has 0 aromatic heterocycles. The van der Waals surface area contributed by atoms with Gasteiger partial charge in [0.15, 0.2) is 6.61 Å². The summed E-state index contributed by atoms with van der Waals surface area (Å²) in [6, 6.07) is 12.5. The summed E-state index contributed by atoms with van der Waals surface area (Å²) in [5.74, 6) is -2.32. The number of nitriles is 1. The smallest absolute Gasteiger partial charge is 0.416 e. The summed E-state index contributed by atoms with van der Waals surface area (Å²) in [7, 11) is 0. The van der Waals surface area contributed by atoms with Gasteiger partial charge in [-0.3, -0.25) is 4.79 Å². The first kappa shape index (κ1) is 26.2. The molecule has 0 fully saturated rings. The average molecular weight is 501 g/mol. The largest absolute Gasteiger partial charge is 0.483 e. The predicted octanol–water partition coefficient (Wildman–Crippen LogP) is 4.37. The van der Waals surface area contributed by atoms with E-state index < -0.39 is 36.1 Å². The van der Waals surface area contributed by atoms with Gasteiger partial charge in [-0.15, -0.1) is 0 Å². The monoisotopic (exact) mass is 501 g/mol. The fraction of sp³-hybridized carbons (Fsp3) is 0.240. The third kappa shape index (κ3) is 5.78. The van der Waals surface area contributed by atoms with E-state index in [2.05, 4.69) is 5.32 Å². The molecule has 1 aliphatic heterocycles. The second kappa shape index (κ2) is 10.9. The number of nitrogens with zero attached hydrogens (tertiary/aromatic N) is 1. The van der Waals surface area contributed by atoms with Crippen LogP contribution in [0.15, 0.2) is 71.3 Å². The standard InChI is InChI=1S/C25H22F3N3O5/c1-3-34-24(33)21-14(2)36-23(30)18(12-29)22(21)17-9-4-5-10-19(17)35-13-20(32)31-16-8-6-7-15(11-16)25(26,27)28/h4-11,22H,3,13,30H2,1-2H3,(H,31,32). The number of nitrogens with two attached hydrogens (primary N) is 1. The highest BCUT2D eigenvalue weighted by atomic mass is 19.4. The molecule has 0 bridgehead atoms. The molecule has 36 heavy (non-hydrogen) atoms. The van der Waals surface area contributed by atoms with Crippen LogP contribution in [0.1, 0.15) is 30.9 Å². The van der Waals surface area contributed by atoms with Crippen molar-refractivity contribution in [2.45, 2.75) is 25.9 Å². The second-order valence-corrected chi connectivity index (χ2v) is 7.57. The fourth-order valence-electron chi connectivity index (χ4n) is 3.63. The summed E-state index contributed by atoms with van der Waals surface area (Å²) in [5, 5.41) is 12.1. The van der Waals surface area contributed by atoms with Crippen molar-refractivity contribution in [3.63, 3.8) is 0 Å². The van der Waals surface area contributed by atoms with Crippen LogP contribution in [-0.2, 0) is 25.2 Å². The van der Waals surface area contributed by atoms with E-state index in [4.69, 9.17) is 19.9 Å². The SMILES string of the molecule is CCOC(=O)C1=C(C)OC(N)=C(C#N)C1c1ccccc1OCC(=O)Nc1cccc(C(F)(F)F)c1. The third-order valence-corrected chi connectivity index (χ3v) is 5.16. The molecule has 3 N–H and O–H groups in total. The Bertz CT molecular complexity index is 1280. The van der Waals surface area contributed by atoms with Crippen LogP contribution in [0, 0.1) is 11.3 Å². The molecule has 1 unspecified atom stereocenters. The number of amides is 1. The Hall–Kier alpha value is -4.46. The second-order valence-electron chi connectivity index (χ2n) is 7.57. The van der Waals surface area contributed by atoms with Gasteiger partial charge in [-0.1, -0.05) is 24.3 Å². The van der Waals surface area contributed by atoms with Gasteiger partial charge in [-0.05, 0) is 38.1 Å². The van der Waals surface area contributed by atoms with Crippen LogP contribution in [-0.4, -0.2) is 25.1 Å². The zero-order valence-corrected chi connectivity index (χ0v) is 19.3. The first-order valence-corrected chi connectivity index (χ1v) is 10.7.